The maximum atomic E-state index is 12.2. The van der Waals surface area contributed by atoms with Gasteiger partial charge in [-0.25, -0.2) is 0 Å². The Balaban J connectivity index is 1.73. The van der Waals surface area contributed by atoms with Crippen molar-refractivity contribution in [3.63, 3.8) is 0 Å². The zero-order valence-electron chi connectivity index (χ0n) is 12.3. The van der Waals surface area contributed by atoms with Gasteiger partial charge in [0.2, 0.25) is 0 Å². The highest BCUT2D eigenvalue weighted by Gasteiger charge is 2.14. The molecule has 0 spiro atoms. The molecular formula is C17H13IN2O3. The number of Topliss-reactive ketones (excluding diaryl/α,β-unsaturated/α-hetero) is 1. The van der Waals surface area contributed by atoms with Crippen molar-refractivity contribution in [2.45, 2.75) is 6.42 Å². The molecule has 2 aromatic carbocycles. The fourth-order valence-electron chi connectivity index (χ4n) is 2.06. The van der Waals surface area contributed by atoms with Gasteiger partial charge in [0, 0.05) is 14.7 Å². The average Bonchev–Trinajstić information content (AvgIpc) is 3.04. The molecule has 0 saturated heterocycles. The van der Waals surface area contributed by atoms with E-state index in [0.29, 0.717) is 23.0 Å². The number of methoxy groups -OCH3 is 1. The molecule has 1 heterocycles. The van der Waals surface area contributed by atoms with Crippen molar-refractivity contribution in [2.24, 2.45) is 0 Å². The van der Waals surface area contributed by atoms with Gasteiger partial charge in [-0.1, -0.05) is 5.16 Å². The number of ketones is 1. The van der Waals surface area contributed by atoms with Crippen LogP contribution < -0.4 is 4.74 Å². The molecule has 0 fully saturated rings. The van der Waals surface area contributed by atoms with Crippen LogP contribution in [0.25, 0.3) is 11.5 Å². The highest BCUT2D eigenvalue weighted by molar-refractivity contribution is 14.1. The molecule has 0 aliphatic carbocycles. The SMILES string of the molecule is COc1ccc(C(=O)Cc2noc(-c3ccc(I)cc3)n2)cc1. The third kappa shape index (κ3) is 3.76. The second-order valence-electron chi connectivity index (χ2n) is 4.85. The Hall–Kier alpha value is -2.22. The molecule has 0 unspecified atom stereocenters. The largest absolute Gasteiger partial charge is 0.497 e. The Morgan fingerprint density at radius 2 is 1.83 bits per heavy atom. The molecule has 6 heteroatoms. The van der Waals surface area contributed by atoms with E-state index in [9.17, 15) is 4.79 Å². The molecule has 3 rings (SSSR count). The fraction of sp³-hybridized carbons (Fsp3) is 0.118. The quantitative estimate of drug-likeness (QED) is 0.465. The number of carbonyl (C=O) groups is 1. The van der Waals surface area contributed by atoms with Crippen molar-refractivity contribution in [3.05, 3.63) is 63.5 Å². The van der Waals surface area contributed by atoms with Crippen LogP contribution in [0.1, 0.15) is 16.2 Å². The predicted molar refractivity (Wildman–Crippen MR) is 93.5 cm³/mol. The normalized spacial score (nSPS) is 10.5. The van der Waals surface area contributed by atoms with Crippen LogP contribution >= 0.6 is 22.6 Å². The lowest BCUT2D eigenvalue weighted by atomic mass is 10.1. The zero-order chi connectivity index (χ0) is 16.2. The number of aromatic nitrogens is 2. The third-order valence-corrected chi connectivity index (χ3v) is 4.01. The van der Waals surface area contributed by atoms with E-state index in [1.54, 1.807) is 31.4 Å². The van der Waals surface area contributed by atoms with Crippen molar-refractivity contribution < 1.29 is 14.1 Å². The van der Waals surface area contributed by atoms with Crippen LogP contribution in [0, 0.1) is 3.57 Å². The Kier molecular flexibility index (Phi) is 4.71. The van der Waals surface area contributed by atoms with Crippen LogP contribution in [0.3, 0.4) is 0 Å². The van der Waals surface area contributed by atoms with Crippen LogP contribution in [-0.2, 0) is 6.42 Å². The Bertz CT molecular complexity index is 811. The monoisotopic (exact) mass is 420 g/mol. The molecule has 0 radical (unpaired) electrons. The van der Waals surface area contributed by atoms with E-state index in [2.05, 4.69) is 32.7 Å². The first-order valence-electron chi connectivity index (χ1n) is 6.91. The van der Waals surface area contributed by atoms with Gasteiger partial charge in [0.15, 0.2) is 11.6 Å². The number of benzene rings is 2. The Labute approximate surface area is 146 Å². The molecule has 0 N–H and O–H groups in total. The van der Waals surface area contributed by atoms with Gasteiger partial charge in [-0.15, -0.1) is 0 Å². The standard InChI is InChI=1S/C17H13IN2O3/c1-22-14-8-4-11(5-9-14)15(21)10-16-19-17(23-20-16)12-2-6-13(18)7-3-12/h2-9H,10H2,1H3. The van der Waals surface area contributed by atoms with Crippen LogP contribution in [0.5, 0.6) is 5.75 Å². The topological polar surface area (TPSA) is 65.2 Å². The van der Waals surface area contributed by atoms with Crippen molar-refractivity contribution >= 4 is 28.4 Å². The molecule has 0 amide bonds. The van der Waals surface area contributed by atoms with Crippen molar-refractivity contribution in [3.8, 4) is 17.2 Å². The number of ether oxygens (including phenoxy) is 1. The third-order valence-electron chi connectivity index (χ3n) is 3.29. The molecule has 3 aromatic rings. The molecule has 116 valence electrons. The van der Waals surface area contributed by atoms with E-state index in [1.807, 2.05) is 24.3 Å². The molecule has 0 atom stereocenters. The number of rotatable bonds is 5. The van der Waals surface area contributed by atoms with Crippen molar-refractivity contribution in [1.29, 1.82) is 0 Å². The summed E-state index contributed by atoms with van der Waals surface area (Å²) in [6.07, 6.45) is 0.0974. The van der Waals surface area contributed by atoms with Gasteiger partial charge in [-0.2, -0.15) is 4.98 Å². The van der Waals surface area contributed by atoms with Gasteiger partial charge in [0.25, 0.3) is 5.89 Å². The van der Waals surface area contributed by atoms with E-state index in [1.165, 1.54) is 0 Å². The lowest BCUT2D eigenvalue weighted by Crippen LogP contribution is -2.04. The number of nitrogens with zero attached hydrogens (tertiary/aromatic N) is 2. The van der Waals surface area contributed by atoms with E-state index in [-0.39, 0.29) is 12.2 Å². The summed E-state index contributed by atoms with van der Waals surface area (Å²) in [6.45, 7) is 0. The first-order chi connectivity index (χ1) is 11.2. The summed E-state index contributed by atoms with van der Waals surface area (Å²) in [5, 5.41) is 3.88. The Morgan fingerprint density at radius 1 is 1.13 bits per heavy atom. The zero-order valence-corrected chi connectivity index (χ0v) is 14.5. The van der Waals surface area contributed by atoms with E-state index < -0.39 is 0 Å². The van der Waals surface area contributed by atoms with Gasteiger partial charge in [0.1, 0.15) is 5.75 Å². The van der Waals surface area contributed by atoms with Gasteiger partial charge in [-0.05, 0) is 71.1 Å². The second kappa shape index (κ2) is 6.91. The maximum absolute atomic E-state index is 12.2. The van der Waals surface area contributed by atoms with Crippen LogP contribution in [0.4, 0.5) is 0 Å². The van der Waals surface area contributed by atoms with Crippen molar-refractivity contribution in [1.82, 2.24) is 10.1 Å². The minimum atomic E-state index is -0.0670. The minimum absolute atomic E-state index is 0.0670. The fourth-order valence-corrected chi connectivity index (χ4v) is 2.42. The molecule has 23 heavy (non-hydrogen) atoms. The molecule has 0 saturated carbocycles. The van der Waals surface area contributed by atoms with E-state index >= 15 is 0 Å². The molecular weight excluding hydrogens is 407 g/mol. The lowest BCUT2D eigenvalue weighted by Gasteiger charge is -2.01. The van der Waals surface area contributed by atoms with Crippen molar-refractivity contribution in [2.75, 3.05) is 7.11 Å². The van der Waals surface area contributed by atoms with Crippen LogP contribution in [0.2, 0.25) is 0 Å². The second-order valence-corrected chi connectivity index (χ2v) is 6.10. The Morgan fingerprint density at radius 3 is 2.48 bits per heavy atom. The number of halogens is 1. The predicted octanol–water partition coefficient (Wildman–Crippen LogP) is 3.78. The van der Waals surface area contributed by atoms with Gasteiger partial charge >= 0.3 is 0 Å². The summed E-state index contributed by atoms with van der Waals surface area (Å²) in [5.41, 5.74) is 1.42. The molecule has 0 aliphatic rings. The first kappa shape index (κ1) is 15.7. The summed E-state index contributed by atoms with van der Waals surface area (Å²) in [6, 6.07) is 14.7. The smallest absolute Gasteiger partial charge is 0.257 e. The number of carbonyl (C=O) groups excluding carboxylic acids is 1. The summed E-state index contributed by atoms with van der Waals surface area (Å²) >= 11 is 2.23. The van der Waals surface area contributed by atoms with Gasteiger partial charge in [-0.3, -0.25) is 4.79 Å². The van der Waals surface area contributed by atoms with E-state index in [0.717, 1.165) is 9.13 Å². The highest BCUT2D eigenvalue weighted by Crippen LogP contribution is 2.19. The summed E-state index contributed by atoms with van der Waals surface area (Å²) in [4.78, 5) is 16.5. The summed E-state index contributed by atoms with van der Waals surface area (Å²) in [5.74, 6) is 1.43. The van der Waals surface area contributed by atoms with E-state index in [4.69, 9.17) is 9.26 Å². The van der Waals surface area contributed by atoms with Gasteiger partial charge in [0.05, 0.1) is 13.5 Å². The minimum Gasteiger partial charge on any atom is -0.497 e. The molecule has 1 aromatic heterocycles. The van der Waals surface area contributed by atoms with Crippen LogP contribution in [-0.4, -0.2) is 23.0 Å². The van der Waals surface area contributed by atoms with Crippen LogP contribution in [0.15, 0.2) is 53.1 Å². The first-order valence-corrected chi connectivity index (χ1v) is 7.99. The highest BCUT2D eigenvalue weighted by atomic mass is 127. The van der Waals surface area contributed by atoms with Gasteiger partial charge < -0.3 is 9.26 Å². The summed E-state index contributed by atoms with van der Waals surface area (Å²) in [7, 11) is 1.59. The lowest BCUT2D eigenvalue weighted by molar-refractivity contribution is 0.0990. The molecule has 5 nitrogen and oxygen atoms in total. The average molecular weight is 420 g/mol. The molecule has 0 aliphatic heterocycles. The molecule has 0 bridgehead atoms. The number of hydrogen-bond acceptors (Lipinski definition) is 5. The maximum Gasteiger partial charge on any atom is 0.257 e. The number of hydrogen-bond donors (Lipinski definition) is 0. The summed E-state index contributed by atoms with van der Waals surface area (Å²) < 4.78 is 11.4.